The molecule has 1 aromatic carbocycles. The van der Waals surface area contributed by atoms with E-state index in [0.29, 0.717) is 11.7 Å². The van der Waals surface area contributed by atoms with Gasteiger partial charge in [0, 0.05) is 10.6 Å². The van der Waals surface area contributed by atoms with E-state index < -0.39 is 0 Å². The topological polar surface area (TPSA) is 76.1 Å². The number of aromatic nitrogens is 2. The number of carbonyl (C=O) groups excluding carboxylic acids is 1. The summed E-state index contributed by atoms with van der Waals surface area (Å²) >= 11 is 4.45. The molecule has 1 amide bonds. The third kappa shape index (κ3) is 5.20. The zero-order valence-corrected chi connectivity index (χ0v) is 16.7. The van der Waals surface area contributed by atoms with Gasteiger partial charge in [-0.1, -0.05) is 29.2 Å². The molecule has 0 aliphatic heterocycles. The molecule has 0 unspecified atom stereocenters. The second-order valence-corrected chi connectivity index (χ2v) is 8.88. The third-order valence-corrected chi connectivity index (χ3v) is 6.31. The van der Waals surface area contributed by atoms with Gasteiger partial charge in [0.25, 0.3) is 0 Å². The van der Waals surface area contributed by atoms with E-state index in [9.17, 15) is 4.79 Å². The van der Waals surface area contributed by atoms with E-state index in [1.807, 2.05) is 48.7 Å². The number of thioether (sulfide) groups is 1. The second-order valence-electron chi connectivity index (χ2n) is 5.28. The zero-order chi connectivity index (χ0) is 18.4. The summed E-state index contributed by atoms with van der Waals surface area (Å²) in [6.45, 7) is 2.42. The normalized spacial score (nSPS) is 11.8. The van der Waals surface area contributed by atoms with Gasteiger partial charge in [0.05, 0.1) is 18.9 Å². The largest absolute Gasteiger partial charge is 0.497 e. The summed E-state index contributed by atoms with van der Waals surface area (Å²) in [5.74, 6) is 0.787. The first-order chi connectivity index (χ1) is 12.6. The molecule has 2 aromatic heterocycles. The molecule has 9 heteroatoms. The van der Waals surface area contributed by atoms with Crippen molar-refractivity contribution < 1.29 is 9.53 Å². The lowest BCUT2D eigenvalue weighted by molar-refractivity contribution is -0.120. The van der Waals surface area contributed by atoms with E-state index in [2.05, 4.69) is 20.8 Å². The van der Waals surface area contributed by atoms with E-state index in [-0.39, 0.29) is 11.2 Å². The van der Waals surface area contributed by atoms with Crippen LogP contribution in [-0.4, -0.2) is 28.5 Å². The molecule has 0 aliphatic carbocycles. The van der Waals surface area contributed by atoms with Gasteiger partial charge in [0.15, 0.2) is 4.34 Å². The Morgan fingerprint density at radius 2 is 2.08 bits per heavy atom. The number of nitrogens with one attached hydrogen (secondary N) is 2. The number of thiophene rings is 1. The molecule has 0 spiro atoms. The highest BCUT2D eigenvalue weighted by Gasteiger charge is 2.17. The molecule has 26 heavy (non-hydrogen) atoms. The summed E-state index contributed by atoms with van der Waals surface area (Å²) in [5, 5.41) is 16.9. The van der Waals surface area contributed by atoms with Crippen LogP contribution in [0.1, 0.15) is 11.8 Å². The van der Waals surface area contributed by atoms with E-state index in [4.69, 9.17) is 4.74 Å². The maximum absolute atomic E-state index is 12.2. The highest BCUT2D eigenvalue weighted by Crippen LogP contribution is 2.30. The fraction of sp³-hybridized carbons (Fsp3) is 0.235. The van der Waals surface area contributed by atoms with Gasteiger partial charge in [-0.05, 0) is 42.6 Å². The highest BCUT2D eigenvalue weighted by molar-refractivity contribution is 8.02. The molecule has 0 fully saturated rings. The van der Waals surface area contributed by atoms with Crippen LogP contribution in [0.3, 0.4) is 0 Å². The Bertz CT molecular complexity index is 834. The Balaban J connectivity index is 1.51. The second kappa shape index (κ2) is 9.02. The third-order valence-electron chi connectivity index (χ3n) is 3.41. The Labute approximate surface area is 164 Å². The number of ether oxygens (including phenoxy) is 1. The van der Waals surface area contributed by atoms with Gasteiger partial charge in [0.1, 0.15) is 5.75 Å². The lowest BCUT2D eigenvalue weighted by Crippen LogP contribution is -2.30. The van der Waals surface area contributed by atoms with E-state index >= 15 is 0 Å². The maximum Gasteiger partial charge on any atom is 0.233 e. The molecule has 136 valence electrons. The molecule has 0 saturated carbocycles. The average Bonchev–Trinajstić information content (AvgIpc) is 3.32. The van der Waals surface area contributed by atoms with Crippen LogP contribution < -0.4 is 15.4 Å². The van der Waals surface area contributed by atoms with Crippen molar-refractivity contribution in [1.82, 2.24) is 15.5 Å². The molecule has 1 atom stereocenters. The van der Waals surface area contributed by atoms with Crippen LogP contribution in [0.25, 0.3) is 0 Å². The van der Waals surface area contributed by atoms with Crippen molar-refractivity contribution in [2.75, 3.05) is 12.4 Å². The number of carbonyl (C=O) groups is 1. The van der Waals surface area contributed by atoms with Crippen LogP contribution in [0, 0.1) is 0 Å². The van der Waals surface area contributed by atoms with Crippen molar-refractivity contribution in [2.24, 2.45) is 0 Å². The number of methoxy groups -OCH3 is 1. The lowest BCUT2D eigenvalue weighted by Gasteiger charge is -2.09. The van der Waals surface area contributed by atoms with Gasteiger partial charge in [-0.3, -0.25) is 4.79 Å². The van der Waals surface area contributed by atoms with E-state index in [1.54, 1.807) is 18.4 Å². The number of benzene rings is 1. The summed E-state index contributed by atoms with van der Waals surface area (Å²) in [4.78, 5) is 13.3. The molecule has 3 aromatic rings. The minimum absolute atomic E-state index is 0.0109. The molecule has 0 aliphatic rings. The predicted octanol–water partition coefficient (Wildman–Crippen LogP) is 4.15. The first-order valence-corrected chi connectivity index (χ1v) is 10.4. The van der Waals surface area contributed by atoms with Crippen molar-refractivity contribution in [3.05, 3.63) is 46.7 Å². The number of anilines is 2. The number of rotatable bonds is 8. The molecule has 3 rings (SSSR count). The smallest absolute Gasteiger partial charge is 0.233 e. The van der Waals surface area contributed by atoms with Gasteiger partial charge in [-0.25, -0.2) is 0 Å². The molecule has 6 nitrogen and oxygen atoms in total. The number of hydrogen-bond acceptors (Lipinski definition) is 8. The SMILES string of the molecule is COc1ccc(Nc2nnc(S[C@H](C)C(=O)NCc3cccs3)s2)cc1. The number of nitrogens with zero attached hydrogens (tertiary/aromatic N) is 2. The van der Waals surface area contributed by atoms with Crippen LogP contribution in [-0.2, 0) is 11.3 Å². The van der Waals surface area contributed by atoms with Crippen molar-refractivity contribution in [2.45, 2.75) is 23.1 Å². The van der Waals surface area contributed by atoms with Gasteiger partial charge in [0.2, 0.25) is 11.0 Å². The first kappa shape index (κ1) is 18.7. The zero-order valence-electron chi connectivity index (χ0n) is 14.3. The fourth-order valence-electron chi connectivity index (χ4n) is 2.04. The van der Waals surface area contributed by atoms with Crippen LogP contribution >= 0.6 is 34.4 Å². The Morgan fingerprint density at radius 1 is 1.27 bits per heavy atom. The summed E-state index contributed by atoms with van der Waals surface area (Å²) in [6.07, 6.45) is 0. The fourth-order valence-corrected chi connectivity index (χ4v) is 4.63. The minimum Gasteiger partial charge on any atom is -0.497 e. The van der Waals surface area contributed by atoms with Crippen LogP contribution in [0.2, 0.25) is 0 Å². The summed E-state index contributed by atoms with van der Waals surface area (Å²) in [5.41, 5.74) is 0.903. The first-order valence-electron chi connectivity index (χ1n) is 7.85. The predicted molar refractivity (Wildman–Crippen MR) is 108 cm³/mol. The Morgan fingerprint density at radius 3 is 2.77 bits per heavy atom. The van der Waals surface area contributed by atoms with Crippen molar-refractivity contribution >= 4 is 51.2 Å². The van der Waals surface area contributed by atoms with Crippen molar-refractivity contribution in [1.29, 1.82) is 0 Å². The quantitative estimate of drug-likeness (QED) is 0.547. The molecule has 0 bridgehead atoms. The molecular formula is C17H18N4O2S3. The average molecular weight is 407 g/mol. The lowest BCUT2D eigenvalue weighted by atomic mass is 10.3. The molecular weight excluding hydrogens is 388 g/mol. The number of amides is 1. The van der Waals surface area contributed by atoms with Gasteiger partial charge >= 0.3 is 0 Å². The highest BCUT2D eigenvalue weighted by atomic mass is 32.2. The van der Waals surface area contributed by atoms with Crippen molar-refractivity contribution in [3.8, 4) is 5.75 Å². The summed E-state index contributed by atoms with van der Waals surface area (Å²) in [7, 11) is 1.63. The summed E-state index contributed by atoms with van der Waals surface area (Å²) in [6, 6.07) is 11.5. The molecule has 2 heterocycles. The molecule has 0 saturated heterocycles. The van der Waals surface area contributed by atoms with Crippen LogP contribution in [0.15, 0.2) is 46.1 Å². The van der Waals surface area contributed by atoms with E-state index in [1.165, 1.54) is 23.1 Å². The standard InChI is InChI=1S/C17H18N4O2S3/c1-11(15(22)18-10-14-4-3-9-24-14)25-17-21-20-16(26-17)19-12-5-7-13(23-2)8-6-12/h3-9,11H,10H2,1-2H3,(H,18,22)(H,19,20)/t11-/m1/s1. The molecule has 0 radical (unpaired) electrons. The molecule has 2 N–H and O–H groups in total. The Kier molecular flexibility index (Phi) is 6.48. The summed E-state index contributed by atoms with van der Waals surface area (Å²) < 4.78 is 5.89. The van der Waals surface area contributed by atoms with Crippen LogP contribution in [0.5, 0.6) is 5.75 Å². The van der Waals surface area contributed by atoms with Gasteiger partial charge in [-0.2, -0.15) is 0 Å². The number of hydrogen-bond donors (Lipinski definition) is 2. The maximum atomic E-state index is 12.2. The monoisotopic (exact) mass is 406 g/mol. The van der Waals surface area contributed by atoms with E-state index in [0.717, 1.165) is 20.7 Å². The van der Waals surface area contributed by atoms with Crippen molar-refractivity contribution in [3.63, 3.8) is 0 Å². The van der Waals surface area contributed by atoms with Gasteiger partial charge in [-0.15, -0.1) is 21.5 Å². The minimum atomic E-state index is -0.239. The van der Waals surface area contributed by atoms with Gasteiger partial charge < -0.3 is 15.4 Å². The van der Waals surface area contributed by atoms with Crippen LogP contribution in [0.4, 0.5) is 10.8 Å². The Hall–Kier alpha value is -2.10.